The second-order valence-electron chi connectivity index (χ2n) is 8.85. The number of amides is 1. The number of hydrogen-bond donors (Lipinski definition) is 1. The van der Waals surface area contributed by atoms with Crippen LogP contribution >= 0.6 is 0 Å². The lowest BCUT2D eigenvalue weighted by molar-refractivity contribution is 0.0171. The number of nitrogens with zero attached hydrogens (tertiary/aromatic N) is 4. The molecule has 34 heavy (non-hydrogen) atoms. The molecule has 0 aliphatic carbocycles. The van der Waals surface area contributed by atoms with E-state index in [0.29, 0.717) is 47.2 Å². The van der Waals surface area contributed by atoms with Crippen molar-refractivity contribution in [2.45, 2.75) is 37.8 Å². The highest BCUT2D eigenvalue weighted by Crippen LogP contribution is 2.46. The maximum atomic E-state index is 15.1. The Kier molecular flexibility index (Phi) is 4.33. The molecule has 1 fully saturated rings. The first kappa shape index (κ1) is 20.8. The average molecular weight is 467 g/mol. The minimum absolute atomic E-state index is 0.111. The van der Waals surface area contributed by atoms with Crippen molar-refractivity contribution in [2.75, 3.05) is 12.3 Å². The first-order chi connectivity index (χ1) is 16.2. The van der Waals surface area contributed by atoms with Gasteiger partial charge in [0.05, 0.1) is 35.2 Å². The van der Waals surface area contributed by atoms with Crippen LogP contribution in [0.4, 0.5) is 19.0 Å². The monoisotopic (exact) mass is 467 g/mol. The van der Waals surface area contributed by atoms with E-state index in [-0.39, 0.29) is 23.0 Å². The number of ether oxygens (including phenoxy) is 1. The third-order valence-electron chi connectivity index (χ3n) is 6.65. The predicted octanol–water partition coefficient (Wildman–Crippen LogP) is 4.45. The maximum absolute atomic E-state index is 15.1. The van der Waals surface area contributed by atoms with Crippen molar-refractivity contribution in [3.8, 4) is 5.75 Å². The number of fused-ring (bicyclic) bond motifs is 6. The topological polar surface area (TPSA) is 85.8 Å². The van der Waals surface area contributed by atoms with Crippen LogP contribution in [-0.4, -0.2) is 37.8 Å². The van der Waals surface area contributed by atoms with Crippen molar-refractivity contribution in [3.05, 3.63) is 65.4 Å². The van der Waals surface area contributed by atoms with E-state index < -0.39 is 23.7 Å². The zero-order valence-corrected chi connectivity index (χ0v) is 18.1. The van der Waals surface area contributed by atoms with Gasteiger partial charge in [-0.1, -0.05) is 12.1 Å². The Balaban J connectivity index is 1.43. The van der Waals surface area contributed by atoms with Gasteiger partial charge in [-0.3, -0.25) is 9.20 Å². The fourth-order valence-electron chi connectivity index (χ4n) is 5.01. The summed E-state index contributed by atoms with van der Waals surface area (Å²) >= 11 is 0. The van der Waals surface area contributed by atoms with Crippen LogP contribution in [0.3, 0.4) is 0 Å². The second kappa shape index (κ2) is 7.09. The van der Waals surface area contributed by atoms with Crippen molar-refractivity contribution < 1.29 is 22.7 Å². The van der Waals surface area contributed by atoms with Crippen LogP contribution in [-0.2, 0) is 5.92 Å². The Bertz CT molecular complexity index is 1480. The number of halogens is 3. The number of carbonyl (C=O) groups is 1. The predicted molar refractivity (Wildman–Crippen MR) is 118 cm³/mol. The zero-order valence-electron chi connectivity index (χ0n) is 18.1. The smallest absolute Gasteiger partial charge is 0.270 e. The number of anilines is 1. The number of alkyl halides is 2. The molecule has 2 atom stereocenters. The standard InChI is InChI=1S/C24H20F3N5O2/c1-24(26,27)12-4-5-13-20(7-12)34-19-3-2-6-31(21(13)19)23(33)14-8-17-16(9-15(14)25)30-22(28)18-10-29-11-32(17)18/h4-5,7-11,19,21H,2-3,6H2,1H3,(H2,28,30)/t19-,21-/m0/s1. The molecule has 0 saturated carbocycles. The molecule has 7 nitrogen and oxygen atoms in total. The molecule has 0 unspecified atom stereocenters. The molecule has 1 saturated heterocycles. The summed E-state index contributed by atoms with van der Waals surface area (Å²) in [5, 5.41) is 0. The summed E-state index contributed by atoms with van der Waals surface area (Å²) in [6.07, 6.45) is 4.01. The molecule has 2 aromatic heterocycles. The number of carbonyl (C=O) groups excluding carboxylic acids is 1. The van der Waals surface area contributed by atoms with Crippen molar-refractivity contribution in [1.29, 1.82) is 0 Å². The molecule has 0 bridgehead atoms. The molecule has 2 N–H and O–H groups in total. The summed E-state index contributed by atoms with van der Waals surface area (Å²) in [7, 11) is 0. The Morgan fingerprint density at radius 2 is 2.06 bits per heavy atom. The first-order valence-electron chi connectivity index (χ1n) is 10.9. The van der Waals surface area contributed by atoms with E-state index in [4.69, 9.17) is 10.5 Å². The molecule has 4 aromatic rings. The lowest BCUT2D eigenvalue weighted by Crippen LogP contribution is -2.44. The molecule has 2 aromatic carbocycles. The van der Waals surface area contributed by atoms with Gasteiger partial charge in [0.15, 0.2) is 0 Å². The lowest BCUT2D eigenvalue weighted by atomic mass is 9.92. The number of imidazole rings is 1. The van der Waals surface area contributed by atoms with Crippen LogP contribution in [0.15, 0.2) is 42.9 Å². The highest BCUT2D eigenvalue weighted by molar-refractivity contribution is 5.99. The molecule has 10 heteroatoms. The van der Waals surface area contributed by atoms with E-state index in [1.54, 1.807) is 21.6 Å². The van der Waals surface area contributed by atoms with Gasteiger partial charge in [-0.05, 0) is 25.0 Å². The third-order valence-corrected chi connectivity index (χ3v) is 6.65. The van der Waals surface area contributed by atoms with E-state index in [1.165, 1.54) is 30.6 Å². The number of hydrogen-bond acceptors (Lipinski definition) is 5. The number of nitrogens with two attached hydrogens (primary N) is 1. The molecule has 2 aliphatic heterocycles. The van der Waals surface area contributed by atoms with E-state index in [0.717, 1.165) is 6.92 Å². The van der Waals surface area contributed by atoms with Crippen molar-refractivity contribution >= 4 is 28.3 Å². The van der Waals surface area contributed by atoms with Gasteiger partial charge in [0, 0.05) is 30.7 Å². The van der Waals surface area contributed by atoms with E-state index >= 15 is 4.39 Å². The van der Waals surface area contributed by atoms with Gasteiger partial charge < -0.3 is 15.4 Å². The van der Waals surface area contributed by atoms with Crippen LogP contribution in [0, 0.1) is 5.82 Å². The average Bonchev–Trinajstić information content (AvgIpc) is 3.42. The van der Waals surface area contributed by atoms with Gasteiger partial charge in [-0.2, -0.15) is 0 Å². The largest absolute Gasteiger partial charge is 0.488 e. The Morgan fingerprint density at radius 1 is 1.24 bits per heavy atom. The van der Waals surface area contributed by atoms with Gasteiger partial charge in [0.25, 0.3) is 11.8 Å². The van der Waals surface area contributed by atoms with E-state index in [2.05, 4.69) is 9.97 Å². The second-order valence-corrected chi connectivity index (χ2v) is 8.85. The van der Waals surface area contributed by atoms with Crippen LogP contribution in [0.5, 0.6) is 5.75 Å². The summed E-state index contributed by atoms with van der Waals surface area (Å²) in [5.74, 6) is -3.68. The zero-order chi connectivity index (χ0) is 23.8. The summed E-state index contributed by atoms with van der Waals surface area (Å²) < 4.78 is 50.4. The SMILES string of the molecule is CC(F)(F)c1ccc2c(c1)O[C@H]1CCCN(C(=O)c3cc4c(cc3F)nc(N)c3cncn34)[C@@H]21. The summed E-state index contributed by atoms with van der Waals surface area (Å²) in [4.78, 5) is 23.5. The van der Waals surface area contributed by atoms with Crippen molar-refractivity contribution in [2.24, 2.45) is 0 Å². The summed E-state index contributed by atoms with van der Waals surface area (Å²) in [5.41, 5.74) is 7.68. The minimum Gasteiger partial charge on any atom is -0.488 e. The quantitative estimate of drug-likeness (QED) is 0.471. The molecule has 2 aliphatic rings. The fraction of sp³-hybridized carbons (Fsp3) is 0.292. The number of nitrogen functional groups attached to an aromatic ring is 1. The molecule has 0 radical (unpaired) electrons. The molecule has 4 heterocycles. The van der Waals surface area contributed by atoms with Crippen LogP contribution in [0.2, 0.25) is 0 Å². The number of likely N-dealkylation sites (tertiary alicyclic amines) is 1. The van der Waals surface area contributed by atoms with Gasteiger partial charge in [0.2, 0.25) is 0 Å². The number of aromatic nitrogens is 3. The van der Waals surface area contributed by atoms with E-state index in [1.807, 2.05) is 0 Å². The lowest BCUT2D eigenvalue weighted by Gasteiger charge is -2.36. The molecular weight excluding hydrogens is 447 g/mol. The van der Waals surface area contributed by atoms with Crippen LogP contribution in [0.25, 0.3) is 16.6 Å². The highest BCUT2D eigenvalue weighted by atomic mass is 19.3. The highest BCUT2D eigenvalue weighted by Gasteiger charge is 2.44. The molecule has 174 valence electrons. The Morgan fingerprint density at radius 3 is 2.85 bits per heavy atom. The Hall–Kier alpha value is -3.82. The molecule has 0 spiro atoms. The number of rotatable bonds is 2. The minimum atomic E-state index is -3.01. The van der Waals surface area contributed by atoms with Crippen molar-refractivity contribution in [3.63, 3.8) is 0 Å². The van der Waals surface area contributed by atoms with Gasteiger partial charge in [-0.15, -0.1) is 0 Å². The van der Waals surface area contributed by atoms with Crippen LogP contribution in [0.1, 0.15) is 47.3 Å². The normalized spacial score (nSPS) is 19.8. The number of benzene rings is 2. The summed E-state index contributed by atoms with van der Waals surface area (Å²) in [6, 6.07) is 6.42. The van der Waals surface area contributed by atoms with Gasteiger partial charge in [-0.25, -0.2) is 23.1 Å². The molecular formula is C24H20F3N5O2. The van der Waals surface area contributed by atoms with E-state index in [9.17, 15) is 13.6 Å². The van der Waals surface area contributed by atoms with Crippen molar-refractivity contribution in [1.82, 2.24) is 19.3 Å². The fourth-order valence-corrected chi connectivity index (χ4v) is 5.01. The Labute approximate surface area is 192 Å². The van der Waals surface area contributed by atoms with Crippen LogP contribution < -0.4 is 10.5 Å². The van der Waals surface area contributed by atoms with Gasteiger partial charge in [0.1, 0.15) is 29.0 Å². The molecule has 1 amide bonds. The van der Waals surface area contributed by atoms with Gasteiger partial charge >= 0.3 is 0 Å². The summed E-state index contributed by atoms with van der Waals surface area (Å²) in [6.45, 7) is 1.22. The number of piperidine rings is 1. The third kappa shape index (κ3) is 3.01. The molecule has 6 rings (SSSR count). The maximum Gasteiger partial charge on any atom is 0.270 e. The first-order valence-corrected chi connectivity index (χ1v) is 10.9.